The monoisotopic (exact) mass is 240 g/mol. The number of nitrogens with zero attached hydrogens (tertiary/aromatic N) is 1. The van der Waals surface area contributed by atoms with Crippen LogP contribution in [0, 0.1) is 5.41 Å². The van der Waals surface area contributed by atoms with E-state index in [1.807, 2.05) is 7.11 Å². The molecule has 1 aliphatic carbocycles. The van der Waals surface area contributed by atoms with E-state index in [-0.39, 0.29) is 5.54 Å². The molecule has 17 heavy (non-hydrogen) atoms. The second-order valence-corrected chi connectivity index (χ2v) is 6.07. The first-order valence-electron chi connectivity index (χ1n) is 7.11. The van der Waals surface area contributed by atoms with Crippen molar-refractivity contribution >= 4 is 0 Å². The molecule has 2 fully saturated rings. The second-order valence-electron chi connectivity index (χ2n) is 6.07. The summed E-state index contributed by atoms with van der Waals surface area (Å²) in [6, 6.07) is 0. The maximum absolute atomic E-state index is 6.04. The van der Waals surface area contributed by atoms with Crippen molar-refractivity contribution in [2.45, 2.75) is 57.6 Å². The molecular weight excluding hydrogens is 212 g/mol. The highest BCUT2D eigenvalue weighted by Gasteiger charge is 2.51. The Balaban J connectivity index is 2.00. The summed E-state index contributed by atoms with van der Waals surface area (Å²) in [7, 11) is 1.82. The minimum Gasteiger partial charge on any atom is -0.381 e. The fraction of sp³-hybridized carbons (Fsp3) is 1.00. The maximum Gasteiger partial charge on any atom is 0.0607 e. The van der Waals surface area contributed by atoms with E-state index >= 15 is 0 Å². The largest absolute Gasteiger partial charge is 0.381 e. The van der Waals surface area contributed by atoms with Crippen LogP contribution in [0.1, 0.15) is 46.0 Å². The second kappa shape index (κ2) is 4.87. The summed E-state index contributed by atoms with van der Waals surface area (Å²) in [5.74, 6) is 0. The van der Waals surface area contributed by atoms with Gasteiger partial charge in [-0.2, -0.15) is 0 Å². The molecule has 0 aromatic heterocycles. The summed E-state index contributed by atoms with van der Waals surface area (Å²) in [4.78, 5) is 2.66. The molecule has 3 nitrogen and oxygen atoms in total. The molecule has 2 aliphatic rings. The van der Waals surface area contributed by atoms with Gasteiger partial charge < -0.3 is 10.5 Å². The van der Waals surface area contributed by atoms with Crippen molar-refractivity contribution < 1.29 is 4.74 Å². The number of nitrogens with two attached hydrogens (primary N) is 1. The third-order valence-corrected chi connectivity index (χ3v) is 5.54. The molecule has 1 saturated carbocycles. The summed E-state index contributed by atoms with van der Waals surface area (Å²) >= 11 is 0. The first-order valence-corrected chi connectivity index (χ1v) is 7.11. The van der Waals surface area contributed by atoms with Gasteiger partial charge in [-0.3, -0.25) is 4.90 Å². The van der Waals surface area contributed by atoms with Gasteiger partial charge in [0.25, 0.3) is 0 Å². The van der Waals surface area contributed by atoms with Crippen molar-refractivity contribution in [3.63, 3.8) is 0 Å². The molecule has 0 radical (unpaired) electrons. The van der Waals surface area contributed by atoms with Gasteiger partial charge in [0.15, 0.2) is 0 Å². The molecule has 0 amide bonds. The zero-order valence-electron chi connectivity index (χ0n) is 11.7. The van der Waals surface area contributed by atoms with E-state index in [1.54, 1.807) is 0 Å². The summed E-state index contributed by atoms with van der Waals surface area (Å²) in [5.41, 5.74) is 6.85. The lowest BCUT2D eigenvalue weighted by atomic mass is 9.72. The first kappa shape index (κ1) is 13.3. The van der Waals surface area contributed by atoms with Crippen molar-refractivity contribution in [2.24, 2.45) is 11.1 Å². The highest BCUT2D eigenvalue weighted by atomic mass is 16.5. The molecule has 0 bridgehead atoms. The van der Waals surface area contributed by atoms with Gasteiger partial charge in [-0.05, 0) is 44.1 Å². The van der Waals surface area contributed by atoms with Crippen LogP contribution in [0.25, 0.3) is 0 Å². The fourth-order valence-electron chi connectivity index (χ4n) is 3.68. The first-order chi connectivity index (χ1) is 8.13. The van der Waals surface area contributed by atoms with Gasteiger partial charge >= 0.3 is 0 Å². The van der Waals surface area contributed by atoms with E-state index in [2.05, 4.69) is 18.7 Å². The molecule has 3 heteroatoms. The van der Waals surface area contributed by atoms with Gasteiger partial charge in [-0.15, -0.1) is 0 Å². The number of rotatable bonds is 5. The van der Waals surface area contributed by atoms with Crippen molar-refractivity contribution in [3.05, 3.63) is 0 Å². The highest BCUT2D eigenvalue weighted by molar-refractivity contribution is 5.07. The molecule has 1 heterocycles. The molecule has 0 unspecified atom stereocenters. The maximum atomic E-state index is 6.04. The smallest absolute Gasteiger partial charge is 0.0607 e. The number of hydrogen-bond donors (Lipinski definition) is 1. The van der Waals surface area contributed by atoms with Crippen molar-refractivity contribution in [2.75, 3.05) is 26.7 Å². The molecule has 0 aromatic carbocycles. The minimum absolute atomic E-state index is 0.257. The predicted octanol–water partition coefficient (Wildman–Crippen LogP) is 2.00. The lowest BCUT2D eigenvalue weighted by Gasteiger charge is -2.52. The Hall–Kier alpha value is -0.120. The number of hydrogen-bond acceptors (Lipinski definition) is 3. The third kappa shape index (κ3) is 2.13. The lowest BCUT2D eigenvalue weighted by Crippen LogP contribution is -2.63. The molecule has 0 spiro atoms. The molecule has 2 rings (SSSR count). The molecule has 2 N–H and O–H groups in total. The van der Waals surface area contributed by atoms with E-state index in [0.717, 1.165) is 19.4 Å². The predicted molar refractivity (Wildman–Crippen MR) is 71.0 cm³/mol. The summed E-state index contributed by atoms with van der Waals surface area (Å²) in [6.07, 6.45) is 6.64. The molecule has 0 aromatic rings. The molecule has 0 atom stereocenters. The van der Waals surface area contributed by atoms with E-state index < -0.39 is 0 Å². The normalized spacial score (nSPS) is 37.1. The van der Waals surface area contributed by atoms with Crippen molar-refractivity contribution in [1.82, 2.24) is 4.90 Å². The topological polar surface area (TPSA) is 38.5 Å². The Bertz CT molecular complexity index is 257. The van der Waals surface area contributed by atoms with Crippen molar-refractivity contribution in [3.8, 4) is 0 Å². The van der Waals surface area contributed by atoms with Crippen LogP contribution in [0.4, 0.5) is 0 Å². The van der Waals surface area contributed by atoms with Crippen LogP contribution in [0.15, 0.2) is 0 Å². The Morgan fingerprint density at radius 1 is 1.29 bits per heavy atom. The van der Waals surface area contributed by atoms with Crippen LogP contribution in [0.5, 0.6) is 0 Å². The Morgan fingerprint density at radius 2 is 1.94 bits per heavy atom. The van der Waals surface area contributed by atoms with Crippen LogP contribution in [0.3, 0.4) is 0 Å². The minimum atomic E-state index is 0.257. The lowest BCUT2D eigenvalue weighted by molar-refractivity contribution is -0.0827. The molecule has 1 aliphatic heterocycles. The summed E-state index contributed by atoms with van der Waals surface area (Å²) in [6.45, 7) is 7.93. The van der Waals surface area contributed by atoms with E-state index in [9.17, 15) is 0 Å². The Kier molecular flexibility index (Phi) is 3.81. The van der Waals surface area contributed by atoms with Crippen LogP contribution in [0.2, 0.25) is 0 Å². The third-order valence-electron chi connectivity index (χ3n) is 5.54. The Labute approximate surface area is 106 Å². The van der Waals surface area contributed by atoms with Crippen LogP contribution < -0.4 is 5.73 Å². The van der Waals surface area contributed by atoms with Crippen LogP contribution >= 0.6 is 0 Å². The number of ether oxygens (including phenoxy) is 1. The number of methoxy groups -OCH3 is 1. The number of likely N-dealkylation sites (tertiary alicyclic amines) is 1. The van der Waals surface area contributed by atoms with Crippen LogP contribution in [-0.4, -0.2) is 43.3 Å². The highest BCUT2D eigenvalue weighted by Crippen LogP contribution is 2.46. The fourth-order valence-corrected chi connectivity index (χ4v) is 3.68. The van der Waals surface area contributed by atoms with Crippen molar-refractivity contribution in [1.29, 1.82) is 0 Å². The summed E-state index contributed by atoms with van der Waals surface area (Å²) in [5, 5.41) is 0. The zero-order valence-corrected chi connectivity index (χ0v) is 11.7. The van der Waals surface area contributed by atoms with Gasteiger partial charge in [0.05, 0.1) is 6.10 Å². The average molecular weight is 240 g/mol. The van der Waals surface area contributed by atoms with E-state index in [0.29, 0.717) is 11.5 Å². The molecular formula is C14H28N2O. The zero-order chi connectivity index (χ0) is 12.5. The standard InChI is InChI=1S/C14H28N2O/c1-4-13(5-2)6-7-16(11-13)14(10-15)8-12(9-14)17-3/h12H,4-11,15H2,1-3H3. The average Bonchev–Trinajstić information content (AvgIpc) is 2.75. The van der Waals surface area contributed by atoms with Gasteiger partial charge in [-0.25, -0.2) is 0 Å². The molecule has 100 valence electrons. The van der Waals surface area contributed by atoms with Crippen LogP contribution in [-0.2, 0) is 4.74 Å². The van der Waals surface area contributed by atoms with E-state index in [1.165, 1.54) is 32.4 Å². The van der Waals surface area contributed by atoms with Gasteiger partial charge in [0, 0.05) is 25.7 Å². The Morgan fingerprint density at radius 3 is 2.35 bits per heavy atom. The van der Waals surface area contributed by atoms with Gasteiger partial charge in [0.1, 0.15) is 0 Å². The van der Waals surface area contributed by atoms with E-state index in [4.69, 9.17) is 10.5 Å². The SMILES string of the molecule is CCC1(CC)CCN(C2(CN)CC(OC)C2)C1. The summed E-state index contributed by atoms with van der Waals surface area (Å²) < 4.78 is 5.43. The molecule has 1 saturated heterocycles. The van der Waals surface area contributed by atoms with Gasteiger partial charge in [0.2, 0.25) is 0 Å². The van der Waals surface area contributed by atoms with Gasteiger partial charge in [-0.1, -0.05) is 13.8 Å². The quantitative estimate of drug-likeness (QED) is 0.799.